The molecule has 2 unspecified atom stereocenters. The Kier molecular flexibility index (Phi) is 17.3. The first-order valence-electron chi connectivity index (χ1n) is 16.7. The molecular formula is C38H52N4O6. The zero-order valence-electron chi connectivity index (χ0n) is 29.1. The molecule has 0 aliphatic carbocycles. The summed E-state index contributed by atoms with van der Waals surface area (Å²) in [7, 11) is 0. The molecule has 0 aromatic heterocycles. The van der Waals surface area contributed by atoms with Crippen molar-refractivity contribution in [3.8, 4) is 0 Å². The highest BCUT2D eigenvalue weighted by Gasteiger charge is 2.28. The predicted octanol–water partition coefficient (Wildman–Crippen LogP) is 6.93. The highest BCUT2D eigenvalue weighted by atomic mass is 16.6. The fourth-order valence-electron chi connectivity index (χ4n) is 4.54. The van der Waals surface area contributed by atoms with Crippen LogP contribution >= 0.6 is 0 Å². The van der Waals surface area contributed by atoms with Crippen molar-refractivity contribution in [2.45, 2.75) is 97.9 Å². The van der Waals surface area contributed by atoms with Gasteiger partial charge in [0.15, 0.2) is 0 Å². The number of carbonyl (C=O) groups excluding carboxylic acids is 4. The Morgan fingerprint density at radius 2 is 1.29 bits per heavy atom. The molecular weight excluding hydrogens is 608 g/mol. The van der Waals surface area contributed by atoms with E-state index in [9.17, 15) is 19.2 Å². The molecule has 48 heavy (non-hydrogen) atoms. The van der Waals surface area contributed by atoms with Gasteiger partial charge in [0.2, 0.25) is 11.8 Å². The lowest BCUT2D eigenvalue weighted by Crippen LogP contribution is -2.53. The van der Waals surface area contributed by atoms with Crippen LogP contribution in [0.1, 0.15) is 77.5 Å². The topological polar surface area (TPSA) is 135 Å². The molecule has 0 bridgehead atoms. The second-order valence-electron chi connectivity index (χ2n) is 12.0. The van der Waals surface area contributed by atoms with Crippen LogP contribution in [0, 0.1) is 0 Å². The molecule has 0 radical (unpaired) electrons. The Hall–Kier alpha value is -4.86. The van der Waals surface area contributed by atoms with E-state index >= 15 is 0 Å². The van der Waals surface area contributed by atoms with Crippen LogP contribution in [0.5, 0.6) is 0 Å². The van der Waals surface area contributed by atoms with Crippen LogP contribution in [0.4, 0.5) is 15.3 Å². The summed E-state index contributed by atoms with van der Waals surface area (Å²) in [5.74, 6) is -0.906. The number of carbonyl (C=O) groups is 4. The monoisotopic (exact) mass is 660 g/mol. The zero-order chi connectivity index (χ0) is 35.4. The van der Waals surface area contributed by atoms with E-state index in [1.54, 1.807) is 20.8 Å². The van der Waals surface area contributed by atoms with Gasteiger partial charge in [-0.05, 0) is 75.3 Å². The van der Waals surface area contributed by atoms with Crippen molar-refractivity contribution in [1.29, 1.82) is 0 Å². The first-order chi connectivity index (χ1) is 23.0. The minimum Gasteiger partial charge on any atom is -0.445 e. The summed E-state index contributed by atoms with van der Waals surface area (Å²) < 4.78 is 10.7. The average molecular weight is 661 g/mol. The molecule has 0 spiro atoms. The molecule has 0 heterocycles. The number of rotatable bonds is 15. The number of benzene rings is 3. The number of unbranched alkanes of at least 4 members (excludes halogenated alkanes) is 1. The molecule has 260 valence electrons. The number of alkyl carbamates (subject to hydrolysis) is 2. The van der Waals surface area contributed by atoms with Gasteiger partial charge in [-0.25, -0.2) is 9.59 Å². The molecule has 3 aromatic carbocycles. The van der Waals surface area contributed by atoms with Gasteiger partial charge in [0.1, 0.15) is 24.3 Å². The van der Waals surface area contributed by atoms with E-state index in [2.05, 4.69) is 21.3 Å². The van der Waals surface area contributed by atoms with Crippen molar-refractivity contribution in [2.75, 3.05) is 11.9 Å². The van der Waals surface area contributed by atoms with E-state index < -0.39 is 35.8 Å². The number of amides is 4. The van der Waals surface area contributed by atoms with Crippen molar-refractivity contribution in [2.24, 2.45) is 0 Å². The molecule has 10 nitrogen and oxygen atoms in total. The molecule has 4 amide bonds. The lowest BCUT2D eigenvalue weighted by Gasteiger charge is -2.23. The van der Waals surface area contributed by atoms with Gasteiger partial charge in [-0.3, -0.25) is 9.59 Å². The highest BCUT2D eigenvalue weighted by molar-refractivity contribution is 5.98. The molecule has 0 saturated carbocycles. The Bertz CT molecular complexity index is 1390. The standard InChI is InChI=1S/C36H46N4O6.C2H6/c1-5-26-19-21-29(22-20-26)38-32(41)30(18-12-13-23-37-34(43)46-36(2,3)4)39-33(42)31(24-27-14-8-6-9-15-27)40-35(44)45-25-28-16-10-7-11-17-28;1-2/h6-11,14-17,19-22,30-31H,5,12-13,18,23-25H2,1-4H3,(H,37,43)(H,38,41)(H,39,42)(H,40,44);1-2H3. The quantitative estimate of drug-likeness (QED) is 0.131. The minimum absolute atomic E-state index is 0.0472. The number of nitrogens with one attached hydrogen (secondary N) is 4. The number of ether oxygens (including phenoxy) is 2. The van der Waals surface area contributed by atoms with Gasteiger partial charge in [-0.2, -0.15) is 0 Å². The smallest absolute Gasteiger partial charge is 0.408 e. The summed E-state index contributed by atoms with van der Waals surface area (Å²) in [5, 5.41) is 11.1. The van der Waals surface area contributed by atoms with Crippen molar-refractivity contribution in [3.05, 3.63) is 102 Å². The van der Waals surface area contributed by atoms with Crippen LogP contribution in [0.3, 0.4) is 0 Å². The van der Waals surface area contributed by atoms with Crippen LogP contribution in [0.25, 0.3) is 0 Å². The summed E-state index contributed by atoms with van der Waals surface area (Å²) >= 11 is 0. The lowest BCUT2D eigenvalue weighted by molar-refractivity contribution is -0.128. The normalized spacial score (nSPS) is 11.9. The first kappa shape index (κ1) is 39.3. The van der Waals surface area contributed by atoms with E-state index in [1.807, 2.05) is 106 Å². The number of anilines is 1. The second kappa shape index (κ2) is 21.1. The van der Waals surface area contributed by atoms with Crippen LogP contribution in [0.15, 0.2) is 84.9 Å². The largest absolute Gasteiger partial charge is 0.445 e. The van der Waals surface area contributed by atoms with Crippen LogP contribution in [-0.4, -0.2) is 48.2 Å². The molecule has 0 fully saturated rings. The number of hydrogen-bond donors (Lipinski definition) is 4. The number of aryl methyl sites for hydroxylation is 1. The molecule has 0 aliphatic heterocycles. The fraction of sp³-hybridized carbons (Fsp3) is 0.421. The van der Waals surface area contributed by atoms with E-state index in [0.717, 1.165) is 23.1 Å². The Morgan fingerprint density at radius 3 is 1.88 bits per heavy atom. The predicted molar refractivity (Wildman–Crippen MR) is 190 cm³/mol. The fourth-order valence-corrected chi connectivity index (χ4v) is 4.54. The van der Waals surface area contributed by atoms with Gasteiger partial charge in [0, 0.05) is 18.7 Å². The van der Waals surface area contributed by atoms with E-state index in [0.29, 0.717) is 31.5 Å². The molecule has 4 N–H and O–H groups in total. The van der Waals surface area contributed by atoms with Gasteiger partial charge in [-0.15, -0.1) is 0 Å². The lowest BCUT2D eigenvalue weighted by atomic mass is 10.0. The third kappa shape index (κ3) is 15.6. The van der Waals surface area contributed by atoms with Crippen LogP contribution < -0.4 is 21.3 Å². The molecule has 10 heteroatoms. The first-order valence-corrected chi connectivity index (χ1v) is 16.7. The molecule has 3 rings (SSSR count). The molecule has 2 atom stereocenters. The maximum atomic E-state index is 13.7. The SMILES string of the molecule is CC.CCc1ccc(NC(=O)C(CCCCNC(=O)OC(C)(C)C)NC(=O)C(Cc2ccccc2)NC(=O)OCc2ccccc2)cc1. The third-order valence-corrected chi connectivity index (χ3v) is 6.95. The van der Waals surface area contributed by atoms with E-state index in [1.165, 1.54) is 0 Å². The minimum atomic E-state index is -1.00. The van der Waals surface area contributed by atoms with Gasteiger partial charge >= 0.3 is 12.2 Å². The highest BCUT2D eigenvalue weighted by Crippen LogP contribution is 2.13. The van der Waals surface area contributed by atoms with Gasteiger partial charge in [-0.1, -0.05) is 93.6 Å². The summed E-state index contributed by atoms with van der Waals surface area (Å²) in [5.41, 5.74) is 2.78. The molecule has 0 aliphatic rings. The summed E-state index contributed by atoms with van der Waals surface area (Å²) in [6.45, 7) is 11.8. The van der Waals surface area contributed by atoms with Crippen LogP contribution in [-0.2, 0) is 38.5 Å². The summed E-state index contributed by atoms with van der Waals surface area (Å²) in [6, 6.07) is 24.1. The van der Waals surface area contributed by atoms with E-state index in [-0.39, 0.29) is 18.9 Å². The Morgan fingerprint density at radius 1 is 0.688 bits per heavy atom. The molecule has 3 aromatic rings. The van der Waals surface area contributed by atoms with Crippen molar-refractivity contribution < 1.29 is 28.7 Å². The second-order valence-corrected chi connectivity index (χ2v) is 12.0. The van der Waals surface area contributed by atoms with Gasteiger partial charge < -0.3 is 30.7 Å². The van der Waals surface area contributed by atoms with Crippen molar-refractivity contribution in [3.63, 3.8) is 0 Å². The zero-order valence-corrected chi connectivity index (χ0v) is 29.1. The average Bonchev–Trinajstić information content (AvgIpc) is 3.07. The van der Waals surface area contributed by atoms with E-state index in [4.69, 9.17) is 9.47 Å². The van der Waals surface area contributed by atoms with Crippen molar-refractivity contribution in [1.82, 2.24) is 16.0 Å². The van der Waals surface area contributed by atoms with Crippen LogP contribution in [0.2, 0.25) is 0 Å². The van der Waals surface area contributed by atoms with Gasteiger partial charge in [0.05, 0.1) is 0 Å². The van der Waals surface area contributed by atoms with Crippen molar-refractivity contribution >= 4 is 29.7 Å². The molecule has 0 saturated heterocycles. The maximum absolute atomic E-state index is 13.7. The van der Waals surface area contributed by atoms with Gasteiger partial charge in [0.25, 0.3) is 0 Å². The summed E-state index contributed by atoms with van der Waals surface area (Å²) in [4.78, 5) is 51.9. The Labute approximate surface area is 285 Å². The maximum Gasteiger partial charge on any atom is 0.408 e. The Balaban J connectivity index is 0.00000392. The summed E-state index contributed by atoms with van der Waals surface area (Å²) in [6.07, 6.45) is 1.19. The number of hydrogen-bond acceptors (Lipinski definition) is 6. The third-order valence-electron chi connectivity index (χ3n) is 6.95.